The molecule has 5 heteroatoms. The number of carbonyl (C=O) groups excluding carboxylic acids is 1. The van der Waals surface area contributed by atoms with Gasteiger partial charge in [0.1, 0.15) is 0 Å². The first-order valence-corrected chi connectivity index (χ1v) is 9.08. The second-order valence-corrected chi connectivity index (χ2v) is 9.03. The first-order valence-electron chi connectivity index (χ1n) is 7.43. The quantitative estimate of drug-likeness (QED) is 0.860. The highest BCUT2D eigenvalue weighted by molar-refractivity contribution is 7.90. The third kappa shape index (κ3) is 2.67. The van der Waals surface area contributed by atoms with Crippen molar-refractivity contribution in [3.63, 3.8) is 0 Å². The van der Waals surface area contributed by atoms with E-state index in [4.69, 9.17) is 0 Å². The van der Waals surface area contributed by atoms with Crippen LogP contribution >= 0.6 is 0 Å². The van der Waals surface area contributed by atoms with Gasteiger partial charge in [0.15, 0.2) is 0 Å². The summed E-state index contributed by atoms with van der Waals surface area (Å²) in [6, 6.07) is 0. The fourth-order valence-electron chi connectivity index (χ4n) is 5.13. The zero-order chi connectivity index (χ0) is 13.7. The minimum Gasteiger partial charge on any atom is -0.274 e. The molecule has 0 aromatic heterocycles. The number of rotatable bonds is 4. The predicted octanol–water partition coefficient (Wildman–Crippen LogP) is 2.06. The Morgan fingerprint density at radius 2 is 1.58 bits per heavy atom. The molecule has 4 rings (SSSR count). The summed E-state index contributed by atoms with van der Waals surface area (Å²) in [6.07, 6.45) is 7.85. The first-order chi connectivity index (χ1) is 8.90. The van der Waals surface area contributed by atoms with Crippen molar-refractivity contribution in [2.75, 3.05) is 5.75 Å². The van der Waals surface area contributed by atoms with Crippen LogP contribution in [0.1, 0.15) is 51.9 Å². The molecule has 19 heavy (non-hydrogen) atoms. The largest absolute Gasteiger partial charge is 0.274 e. The van der Waals surface area contributed by atoms with Crippen molar-refractivity contribution in [1.29, 1.82) is 0 Å². The Morgan fingerprint density at radius 3 is 2.00 bits per heavy atom. The fraction of sp³-hybridized carbons (Fsp3) is 0.929. The number of hydrogen-bond acceptors (Lipinski definition) is 3. The molecule has 0 aromatic carbocycles. The Labute approximate surface area is 115 Å². The molecule has 4 fully saturated rings. The van der Waals surface area contributed by atoms with Crippen LogP contribution in [0.3, 0.4) is 0 Å². The summed E-state index contributed by atoms with van der Waals surface area (Å²) in [5.41, 5.74) is 0.113. The summed E-state index contributed by atoms with van der Waals surface area (Å²) in [5.74, 6) is 2.06. The van der Waals surface area contributed by atoms with Crippen molar-refractivity contribution in [2.24, 2.45) is 23.2 Å². The van der Waals surface area contributed by atoms with E-state index in [2.05, 4.69) is 4.72 Å². The van der Waals surface area contributed by atoms with E-state index in [0.29, 0.717) is 6.42 Å². The molecule has 1 N–H and O–H groups in total. The molecule has 0 aromatic rings. The Morgan fingerprint density at radius 1 is 1.11 bits per heavy atom. The summed E-state index contributed by atoms with van der Waals surface area (Å²) < 4.78 is 25.1. The van der Waals surface area contributed by atoms with Crippen molar-refractivity contribution in [2.45, 2.75) is 51.9 Å². The lowest BCUT2D eigenvalue weighted by molar-refractivity contribution is -0.127. The zero-order valence-electron chi connectivity index (χ0n) is 11.5. The second kappa shape index (κ2) is 4.47. The molecule has 0 atom stereocenters. The predicted molar refractivity (Wildman–Crippen MR) is 72.8 cm³/mol. The lowest BCUT2D eigenvalue weighted by atomic mass is 9.49. The third-order valence-corrected chi connectivity index (χ3v) is 6.65. The minimum absolute atomic E-state index is 0.0282. The SMILES string of the molecule is CCS(=O)(=O)NC(=O)CC12CC3CC(CC(C3)C1)C2. The summed E-state index contributed by atoms with van der Waals surface area (Å²) in [7, 11) is -3.40. The highest BCUT2D eigenvalue weighted by atomic mass is 32.2. The summed E-state index contributed by atoms with van der Waals surface area (Å²) >= 11 is 0. The standard InChI is InChI=1S/C14H23NO3S/c1-2-19(17,18)15-13(16)9-14-6-10-3-11(7-14)5-12(4-10)8-14/h10-12H,2-9H2,1H3,(H,15,16). The smallest absolute Gasteiger partial charge is 0.234 e. The molecule has 4 saturated carbocycles. The van der Waals surface area contributed by atoms with Crippen LogP contribution in [0.4, 0.5) is 0 Å². The van der Waals surface area contributed by atoms with Gasteiger partial charge in [-0.2, -0.15) is 0 Å². The number of carbonyl (C=O) groups is 1. The molecule has 4 bridgehead atoms. The maximum atomic E-state index is 12.0. The number of nitrogens with one attached hydrogen (secondary N) is 1. The highest BCUT2D eigenvalue weighted by Crippen LogP contribution is 2.61. The van der Waals surface area contributed by atoms with Gasteiger partial charge >= 0.3 is 0 Å². The van der Waals surface area contributed by atoms with Gasteiger partial charge in [-0.3, -0.25) is 9.52 Å². The van der Waals surface area contributed by atoms with Gasteiger partial charge in [-0.1, -0.05) is 0 Å². The number of sulfonamides is 1. The molecular weight excluding hydrogens is 262 g/mol. The van der Waals surface area contributed by atoms with E-state index >= 15 is 0 Å². The zero-order valence-corrected chi connectivity index (χ0v) is 12.3. The fourth-order valence-corrected chi connectivity index (χ4v) is 5.69. The van der Waals surface area contributed by atoms with E-state index in [9.17, 15) is 13.2 Å². The Kier molecular flexibility index (Phi) is 3.15. The third-order valence-electron chi connectivity index (χ3n) is 5.35. The molecule has 0 heterocycles. The molecule has 1 amide bonds. The van der Waals surface area contributed by atoms with Gasteiger partial charge in [-0.25, -0.2) is 8.42 Å². The van der Waals surface area contributed by atoms with Crippen LogP contribution < -0.4 is 4.72 Å². The van der Waals surface area contributed by atoms with Crippen molar-refractivity contribution < 1.29 is 13.2 Å². The van der Waals surface area contributed by atoms with E-state index in [-0.39, 0.29) is 17.1 Å². The maximum absolute atomic E-state index is 12.0. The van der Waals surface area contributed by atoms with E-state index in [1.165, 1.54) is 19.3 Å². The number of amides is 1. The van der Waals surface area contributed by atoms with Crippen molar-refractivity contribution in [3.8, 4) is 0 Å². The van der Waals surface area contributed by atoms with Crippen LogP contribution in [0.2, 0.25) is 0 Å². The van der Waals surface area contributed by atoms with Gasteiger partial charge in [-0.05, 0) is 68.6 Å². The molecule has 4 aliphatic rings. The van der Waals surface area contributed by atoms with Crippen LogP contribution in [0.15, 0.2) is 0 Å². The molecule has 0 radical (unpaired) electrons. The van der Waals surface area contributed by atoms with Crippen molar-refractivity contribution >= 4 is 15.9 Å². The van der Waals surface area contributed by atoms with E-state index in [0.717, 1.165) is 37.0 Å². The first kappa shape index (κ1) is 13.4. The molecule has 108 valence electrons. The van der Waals surface area contributed by atoms with Crippen LogP contribution in [0.5, 0.6) is 0 Å². The Balaban J connectivity index is 1.68. The van der Waals surface area contributed by atoms with E-state index in [1.807, 2.05) is 0 Å². The number of hydrogen-bond donors (Lipinski definition) is 1. The van der Waals surface area contributed by atoms with Crippen LogP contribution in [-0.4, -0.2) is 20.1 Å². The molecule has 0 spiro atoms. The Bertz CT molecular complexity index is 448. The minimum atomic E-state index is -3.40. The molecule has 4 nitrogen and oxygen atoms in total. The van der Waals surface area contributed by atoms with Crippen molar-refractivity contribution in [3.05, 3.63) is 0 Å². The molecule has 0 unspecified atom stereocenters. The topological polar surface area (TPSA) is 63.2 Å². The van der Waals surface area contributed by atoms with Crippen LogP contribution in [-0.2, 0) is 14.8 Å². The summed E-state index contributed by atoms with van der Waals surface area (Å²) in [6.45, 7) is 1.56. The Hall–Kier alpha value is -0.580. The highest BCUT2D eigenvalue weighted by Gasteiger charge is 2.51. The van der Waals surface area contributed by atoms with Gasteiger partial charge in [0.2, 0.25) is 15.9 Å². The van der Waals surface area contributed by atoms with E-state index < -0.39 is 10.0 Å². The monoisotopic (exact) mass is 285 g/mol. The average molecular weight is 285 g/mol. The van der Waals surface area contributed by atoms with Gasteiger partial charge in [0, 0.05) is 6.42 Å². The van der Waals surface area contributed by atoms with Gasteiger partial charge in [0.05, 0.1) is 5.75 Å². The van der Waals surface area contributed by atoms with Gasteiger partial charge in [-0.15, -0.1) is 0 Å². The normalized spacial score (nSPS) is 40.4. The molecule has 4 aliphatic carbocycles. The second-order valence-electron chi connectivity index (χ2n) is 7.02. The van der Waals surface area contributed by atoms with Crippen LogP contribution in [0, 0.1) is 23.2 Å². The summed E-state index contributed by atoms with van der Waals surface area (Å²) in [4.78, 5) is 12.0. The van der Waals surface area contributed by atoms with Crippen molar-refractivity contribution in [1.82, 2.24) is 4.72 Å². The molecule has 0 aliphatic heterocycles. The molecular formula is C14H23NO3S. The maximum Gasteiger partial charge on any atom is 0.234 e. The summed E-state index contributed by atoms with van der Waals surface area (Å²) in [5, 5.41) is 0. The lowest BCUT2D eigenvalue weighted by Crippen LogP contribution is -2.48. The lowest BCUT2D eigenvalue weighted by Gasteiger charge is -2.56. The van der Waals surface area contributed by atoms with Gasteiger partial charge < -0.3 is 0 Å². The van der Waals surface area contributed by atoms with Crippen LogP contribution in [0.25, 0.3) is 0 Å². The van der Waals surface area contributed by atoms with Gasteiger partial charge in [0.25, 0.3) is 0 Å². The van der Waals surface area contributed by atoms with E-state index in [1.54, 1.807) is 6.92 Å². The molecule has 0 saturated heterocycles. The average Bonchev–Trinajstić information content (AvgIpc) is 2.25.